The molecule has 0 spiro atoms. The third-order valence-corrected chi connectivity index (χ3v) is 4.65. The van der Waals surface area contributed by atoms with E-state index in [9.17, 15) is 9.59 Å². The minimum atomic E-state index is -0.487. The van der Waals surface area contributed by atoms with Gasteiger partial charge in [0.15, 0.2) is 0 Å². The highest BCUT2D eigenvalue weighted by Gasteiger charge is 2.35. The quantitative estimate of drug-likeness (QED) is 0.912. The van der Waals surface area contributed by atoms with Crippen molar-refractivity contribution < 1.29 is 14.3 Å². The van der Waals surface area contributed by atoms with Crippen LogP contribution in [0.1, 0.15) is 50.5 Å². The summed E-state index contributed by atoms with van der Waals surface area (Å²) in [6, 6.07) is 7.63. The van der Waals surface area contributed by atoms with Crippen molar-refractivity contribution in [3.63, 3.8) is 0 Å². The Balaban J connectivity index is 2.00. The maximum atomic E-state index is 12.4. The van der Waals surface area contributed by atoms with Crippen molar-refractivity contribution >= 4 is 12.0 Å². The van der Waals surface area contributed by atoms with Crippen LogP contribution in [0, 0.1) is 0 Å². The van der Waals surface area contributed by atoms with E-state index < -0.39 is 11.5 Å². The molecule has 0 unspecified atom stereocenters. The molecule has 6 nitrogen and oxygen atoms in total. The maximum Gasteiger partial charge on any atom is 0.410 e. The van der Waals surface area contributed by atoms with Crippen molar-refractivity contribution in [3.05, 3.63) is 35.4 Å². The van der Waals surface area contributed by atoms with Gasteiger partial charge in [-0.3, -0.25) is 9.69 Å². The van der Waals surface area contributed by atoms with E-state index in [2.05, 4.69) is 18.7 Å². The van der Waals surface area contributed by atoms with Gasteiger partial charge in [0.1, 0.15) is 5.60 Å². The molecule has 2 rings (SSSR count). The van der Waals surface area contributed by atoms with Crippen LogP contribution in [0.5, 0.6) is 0 Å². The molecular weight excluding hydrogens is 318 g/mol. The van der Waals surface area contributed by atoms with E-state index in [-0.39, 0.29) is 18.2 Å². The van der Waals surface area contributed by atoms with E-state index in [1.165, 1.54) is 0 Å². The number of rotatable bonds is 3. The fourth-order valence-corrected chi connectivity index (χ4v) is 3.02. The second kappa shape index (κ2) is 7.44. The minimum absolute atomic E-state index is 0.0634. The molecule has 1 aliphatic heterocycles. The number of ether oxygens (including phenoxy) is 1. The van der Waals surface area contributed by atoms with Crippen molar-refractivity contribution in [2.24, 2.45) is 5.73 Å². The smallest absolute Gasteiger partial charge is 0.410 e. The normalized spacial score (nSPS) is 21.9. The summed E-state index contributed by atoms with van der Waals surface area (Å²) in [6.07, 6.45) is -0.252. The van der Waals surface area contributed by atoms with E-state index in [0.29, 0.717) is 12.1 Å². The van der Waals surface area contributed by atoms with Crippen LogP contribution in [0.2, 0.25) is 0 Å². The van der Waals surface area contributed by atoms with Crippen LogP contribution < -0.4 is 5.73 Å². The lowest BCUT2D eigenvalue weighted by atomic mass is 10.0. The average Bonchev–Trinajstić information content (AvgIpc) is 2.50. The standard InChI is InChI=1S/C19H29N3O3/c1-13-14(2)22(18(24)25-19(3,4)5)11-10-21(13)12-15-6-8-16(9-7-15)17(20)23/h6-9,13-14H,10-12H2,1-5H3,(H2,20,23)/t13-,14-/m1/s1. The van der Waals surface area contributed by atoms with E-state index >= 15 is 0 Å². The molecule has 2 atom stereocenters. The molecule has 0 saturated carbocycles. The molecule has 2 amide bonds. The first-order valence-corrected chi connectivity index (χ1v) is 8.71. The zero-order chi connectivity index (χ0) is 18.8. The first-order chi connectivity index (χ1) is 11.6. The average molecular weight is 347 g/mol. The van der Waals surface area contributed by atoms with Gasteiger partial charge in [-0.15, -0.1) is 0 Å². The van der Waals surface area contributed by atoms with E-state index in [4.69, 9.17) is 10.5 Å². The molecule has 1 saturated heterocycles. The largest absolute Gasteiger partial charge is 0.444 e. The van der Waals surface area contributed by atoms with Crippen LogP contribution in [-0.2, 0) is 11.3 Å². The van der Waals surface area contributed by atoms with Gasteiger partial charge < -0.3 is 15.4 Å². The number of hydrogen-bond donors (Lipinski definition) is 1. The summed E-state index contributed by atoms with van der Waals surface area (Å²) in [6.45, 7) is 12.0. The first kappa shape index (κ1) is 19.2. The Morgan fingerprint density at radius 1 is 1.12 bits per heavy atom. The second-order valence-corrected chi connectivity index (χ2v) is 7.69. The van der Waals surface area contributed by atoms with E-state index in [1.807, 2.05) is 37.8 Å². The fourth-order valence-electron chi connectivity index (χ4n) is 3.02. The van der Waals surface area contributed by atoms with Crippen molar-refractivity contribution in [1.29, 1.82) is 0 Å². The van der Waals surface area contributed by atoms with Gasteiger partial charge in [0, 0.05) is 37.3 Å². The Labute approximate surface area is 149 Å². The number of amides is 2. The number of carbonyl (C=O) groups excluding carboxylic acids is 2. The molecule has 0 aliphatic carbocycles. The molecule has 0 bridgehead atoms. The summed E-state index contributed by atoms with van der Waals surface area (Å²) in [5.74, 6) is -0.417. The molecule has 6 heteroatoms. The van der Waals surface area contributed by atoms with Crippen LogP contribution in [0.3, 0.4) is 0 Å². The third kappa shape index (κ3) is 4.95. The highest BCUT2D eigenvalue weighted by molar-refractivity contribution is 5.92. The summed E-state index contributed by atoms with van der Waals surface area (Å²) in [4.78, 5) is 27.7. The Hall–Kier alpha value is -2.08. The van der Waals surface area contributed by atoms with Gasteiger partial charge in [0.05, 0.1) is 0 Å². The predicted molar refractivity (Wildman–Crippen MR) is 97.2 cm³/mol. The number of piperazine rings is 1. The number of hydrogen-bond acceptors (Lipinski definition) is 4. The van der Waals surface area contributed by atoms with Crippen molar-refractivity contribution in [1.82, 2.24) is 9.80 Å². The molecule has 1 heterocycles. The zero-order valence-electron chi connectivity index (χ0n) is 15.8. The van der Waals surface area contributed by atoms with Gasteiger partial charge >= 0.3 is 6.09 Å². The van der Waals surface area contributed by atoms with Gasteiger partial charge in [0.2, 0.25) is 5.91 Å². The highest BCUT2D eigenvalue weighted by Crippen LogP contribution is 2.22. The summed E-state index contributed by atoms with van der Waals surface area (Å²) in [5, 5.41) is 0. The molecule has 1 aromatic rings. The van der Waals surface area contributed by atoms with Gasteiger partial charge in [-0.2, -0.15) is 0 Å². The van der Waals surface area contributed by atoms with Crippen LogP contribution in [0.25, 0.3) is 0 Å². The van der Waals surface area contributed by atoms with Crippen molar-refractivity contribution in [2.45, 2.75) is 58.8 Å². The third-order valence-electron chi connectivity index (χ3n) is 4.65. The van der Waals surface area contributed by atoms with Gasteiger partial charge in [-0.05, 0) is 52.3 Å². The number of nitrogens with zero attached hydrogens (tertiary/aromatic N) is 2. The van der Waals surface area contributed by atoms with E-state index in [1.54, 1.807) is 12.1 Å². The van der Waals surface area contributed by atoms with Crippen LogP contribution in [0.4, 0.5) is 4.79 Å². The zero-order valence-corrected chi connectivity index (χ0v) is 15.8. The second-order valence-electron chi connectivity index (χ2n) is 7.69. The van der Waals surface area contributed by atoms with Crippen LogP contribution in [-0.4, -0.2) is 52.6 Å². The van der Waals surface area contributed by atoms with E-state index in [0.717, 1.165) is 18.7 Å². The Morgan fingerprint density at radius 2 is 1.72 bits per heavy atom. The van der Waals surface area contributed by atoms with Gasteiger partial charge in [-0.1, -0.05) is 12.1 Å². The lowest BCUT2D eigenvalue weighted by Crippen LogP contribution is -2.59. The summed E-state index contributed by atoms with van der Waals surface area (Å²) < 4.78 is 5.51. The number of primary amides is 1. The summed E-state index contributed by atoms with van der Waals surface area (Å²) in [7, 11) is 0. The molecule has 1 fully saturated rings. The Morgan fingerprint density at radius 3 is 2.24 bits per heavy atom. The SMILES string of the molecule is C[C@@H]1[C@@H](C)N(C(=O)OC(C)(C)C)CCN1Cc1ccc(C(N)=O)cc1. The number of carbonyl (C=O) groups is 2. The van der Waals surface area contributed by atoms with Crippen LogP contribution in [0.15, 0.2) is 24.3 Å². The number of benzene rings is 1. The Bertz CT molecular complexity index is 622. The predicted octanol–water partition coefficient (Wildman–Crippen LogP) is 2.62. The molecule has 0 aromatic heterocycles. The maximum absolute atomic E-state index is 12.4. The lowest BCUT2D eigenvalue weighted by Gasteiger charge is -2.45. The van der Waals surface area contributed by atoms with Crippen molar-refractivity contribution in [2.75, 3.05) is 13.1 Å². The summed E-state index contributed by atoms with van der Waals surface area (Å²) in [5.41, 5.74) is 6.42. The molecule has 138 valence electrons. The fraction of sp³-hybridized carbons (Fsp3) is 0.579. The first-order valence-electron chi connectivity index (χ1n) is 8.71. The van der Waals surface area contributed by atoms with Gasteiger partial charge in [-0.25, -0.2) is 4.79 Å². The molecule has 1 aromatic carbocycles. The molecule has 0 radical (unpaired) electrons. The molecule has 2 N–H and O–H groups in total. The molecule has 25 heavy (non-hydrogen) atoms. The monoisotopic (exact) mass is 347 g/mol. The Kier molecular flexibility index (Phi) is 5.72. The van der Waals surface area contributed by atoms with Gasteiger partial charge in [0.25, 0.3) is 0 Å². The molecule has 1 aliphatic rings. The minimum Gasteiger partial charge on any atom is -0.444 e. The molecular formula is C19H29N3O3. The van der Waals surface area contributed by atoms with Crippen molar-refractivity contribution in [3.8, 4) is 0 Å². The topological polar surface area (TPSA) is 75.9 Å². The summed E-state index contributed by atoms with van der Waals surface area (Å²) >= 11 is 0. The van der Waals surface area contributed by atoms with Crippen LogP contribution >= 0.6 is 0 Å². The highest BCUT2D eigenvalue weighted by atomic mass is 16.6. The number of nitrogens with two attached hydrogens (primary N) is 1. The lowest BCUT2D eigenvalue weighted by molar-refractivity contribution is -0.0144.